The molecule has 1 aliphatic heterocycles. The van der Waals surface area contributed by atoms with Gasteiger partial charge in [0.05, 0.1) is 12.7 Å². The maximum absolute atomic E-state index is 11.8. The zero-order chi connectivity index (χ0) is 15.5. The zero-order valence-electron chi connectivity index (χ0n) is 13.1. The molecule has 0 spiro atoms. The Kier molecular flexibility index (Phi) is 4.59. The van der Waals surface area contributed by atoms with Crippen LogP contribution in [0.15, 0.2) is 24.5 Å². The van der Waals surface area contributed by atoms with Gasteiger partial charge in [-0.1, -0.05) is 19.8 Å². The molecule has 0 bridgehead atoms. The molecule has 0 radical (unpaired) electrons. The molecule has 1 N–H and O–H groups in total. The summed E-state index contributed by atoms with van der Waals surface area (Å²) in [5.74, 6) is 0.123. The number of thiophene rings is 1. The van der Waals surface area contributed by atoms with Gasteiger partial charge in [-0.2, -0.15) is 5.10 Å². The minimum absolute atomic E-state index is 0.0276. The quantitative estimate of drug-likeness (QED) is 0.833. The van der Waals surface area contributed by atoms with Crippen molar-refractivity contribution in [2.75, 3.05) is 13.1 Å². The van der Waals surface area contributed by atoms with Crippen LogP contribution in [0.1, 0.15) is 37.2 Å². The monoisotopic (exact) mass is 318 g/mol. The Bertz CT molecular complexity index is 648. The van der Waals surface area contributed by atoms with E-state index in [0.717, 1.165) is 18.5 Å². The number of amides is 1. The van der Waals surface area contributed by atoms with Crippen LogP contribution in [0.2, 0.25) is 0 Å². The molecule has 3 heterocycles. The summed E-state index contributed by atoms with van der Waals surface area (Å²) in [6.45, 7) is 3.68. The Morgan fingerprint density at radius 1 is 1.41 bits per heavy atom. The first-order chi connectivity index (χ1) is 10.7. The largest absolute Gasteiger partial charge is 0.335 e. The second-order valence-electron chi connectivity index (χ2n) is 5.75. The fraction of sp³-hybridized carbons (Fsp3) is 0.500. The Balaban J connectivity index is 1.74. The van der Waals surface area contributed by atoms with Crippen LogP contribution in [0.25, 0.3) is 10.4 Å². The summed E-state index contributed by atoms with van der Waals surface area (Å²) in [5, 5.41) is 7.31. The number of nitrogens with one attached hydrogen (secondary N) is 1. The third kappa shape index (κ3) is 3.23. The number of nitrogens with zero attached hydrogens (tertiary/aromatic N) is 3. The van der Waals surface area contributed by atoms with Gasteiger partial charge in [0, 0.05) is 35.1 Å². The highest BCUT2D eigenvalue weighted by Gasteiger charge is 2.31. The van der Waals surface area contributed by atoms with Gasteiger partial charge in [-0.25, -0.2) is 0 Å². The molecule has 118 valence electrons. The van der Waals surface area contributed by atoms with E-state index < -0.39 is 0 Å². The number of aryl methyl sites for hydroxylation is 1. The molecule has 0 aliphatic carbocycles. The standard InChI is InChI=1S/C16H22N4OS/c1-3-4-5-8-20-11-15(21)18-16(20)14-7-6-13(22-14)12-9-17-19(2)10-12/h6-7,9-10,16H,3-5,8,11H2,1-2H3,(H,18,21)/t16-/m0/s1. The van der Waals surface area contributed by atoms with Crippen LogP contribution in [0.3, 0.4) is 0 Å². The summed E-state index contributed by atoms with van der Waals surface area (Å²) in [7, 11) is 1.92. The Morgan fingerprint density at radius 2 is 2.27 bits per heavy atom. The van der Waals surface area contributed by atoms with Crippen molar-refractivity contribution in [2.24, 2.45) is 7.05 Å². The van der Waals surface area contributed by atoms with Crippen LogP contribution >= 0.6 is 11.3 Å². The van der Waals surface area contributed by atoms with Crippen LogP contribution in [-0.2, 0) is 11.8 Å². The molecular formula is C16H22N4OS. The van der Waals surface area contributed by atoms with Crippen LogP contribution in [0.4, 0.5) is 0 Å². The van der Waals surface area contributed by atoms with Gasteiger partial charge in [0.25, 0.3) is 0 Å². The van der Waals surface area contributed by atoms with Crippen LogP contribution in [0.5, 0.6) is 0 Å². The van der Waals surface area contributed by atoms with Crippen molar-refractivity contribution in [2.45, 2.75) is 32.4 Å². The van der Waals surface area contributed by atoms with Gasteiger partial charge in [0.2, 0.25) is 5.91 Å². The van der Waals surface area contributed by atoms with E-state index in [-0.39, 0.29) is 12.1 Å². The molecule has 6 heteroatoms. The molecule has 1 aliphatic rings. The fourth-order valence-corrected chi connectivity index (χ4v) is 3.86. The predicted molar refractivity (Wildman–Crippen MR) is 88.5 cm³/mol. The van der Waals surface area contributed by atoms with Gasteiger partial charge in [-0.15, -0.1) is 11.3 Å². The molecule has 0 aromatic carbocycles. The number of carbonyl (C=O) groups is 1. The lowest BCUT2D eigenvalue weighted by atomic mass is 10.2. The lowest BCUT2D eigenvalue weighted by Gasteiger charge is -2.21. The first kappa shape index (κ1) is 15.2. The predicted octanol–water partition coefficient (Wildman–Crippen LogP) is 2.77. The molecule has 1 saturated heterocycles. The normalized spacial score (nSPS) is 18.8. The maximum Gasteiger partial charge on any atom is 0.235 e. The highest BCUT2D eigenvalue weighted by Crippen LogP contribution is 2.34. The van der Waals surface area contributed by atoms with E-state index in [1.807, 2.05) is 24.1 Å². The second-order valence-corrected chi connectivity index (χ2v) is 6.87. The van der Waals surface area contributed by atoms with E-state index in [0.29, 0.717) is 6.54 Å². The van der Waals surface area contributed by atoms with Crippen LogP contribution < -0.4 is 5.32 Å². The van der Waals surface area contributed by atoms with Crippen molar-refractivity contribution in [1.29, 1.82) is 0 Å². The van der Waals surface area contributed by atoms with Crippen molar-refractivity contribution in [3.8, 4) is 10.4 Å². The van der Waals surface area contributed by atoms with Gasteiger partial charge in [0.1, 0.15) is 6.17 Å². The number of hydrogen-bond acceptors (Lipinski definition) is 4. The summed E-state index contributed by atoms with van der Waals surface area (Å²) in [6.07, 6.45) is 7.47. The lowest BCUT2D eigenvalue weighted by molar-refractivity contribution is -0.118. The summed E-state index contributed by atoms with van der Waals surface area (Å²) < 4.78 is 1.81. The van der Waals surface area contributed by atoms with Crippen molar-refractivity contribution >= 4 is 17.2 Å². The SMILES string of the molecule is CCCCCN1CC(=O)N[C@@H]1c1ccc(-c2cnn(C)c2)s1. The van der Waals surface area contributed by atoms with E-state index in [2.05, 4.69) is 34.4 Å². The third-order valence-electron chi connectivity index (χ3n) is 3.94. The van der Waals surface area contributed by atoms with Gasteiger partial charge >= 0.3 is 0 Å². The van der Waals surface area contributed by atoms with Gasteiger partial charge in [-0.05, 0) is 18.6 Å². The van der Waals surface area contributed by atoms with E-state index >= 15 is 0 Å². The smallest absolute Gasteiger partial charge is 0.235 e. The van der Waals surface area contributed by atoms with E-state index in [4.69, 9.17) is 0 Å². The summed E-state index contributed by atoms with van der Waals surface area (Å²) in [4.78, 5) is 16.4. The molecule has 22 heavy (non-hydrogen) atoms. The lowest BCUT2D eigenvalue weighted by Crippen LogP contribution is -2.27. The fourth-order valence-electron chi connectivity index (χ4n) is 2.79. The molecule has 3 rings (SSSR count). The number of carbonyl (C=O) groups excluding carboxylic acids is 1. The maximum atomic E-state index is 11.8. The van der Waals surface area contributed by atoms with Crippen molar-refractivity contribution in [1.82, 2.24) is 20.0 Å². The molecule has 0 unspecified atom stereocenters. The molecule has 1 atom stereocenters. The molecule has 1 amide bonds. The van der Waals surface area contributed by atoms with Crippen LogP contribution in [-0.4, -0.2) is 33.7 Å². The third-order valence-corrected chi connectivity index (χ3v) is 5.13. The Hall–Kier alpha value is -1.66. The summed E-state index contributed by atoms with van der Waals surface area (Å²) in [5.41, 5.74) is 1.13. The number of rotatable bonds is 6. The van der Waals surface area contributed by atoms with Crippen LogP contribution in [0, 0.1) is 0 Å². The number of unbranched alkanes of at least 4 members (excludes halogenated alkanes) is 2. The molecule has 0 saturated carbocycles. The average Bonchev–Trinajstić information content (AvgIpc) is 3.18. The number of aromatic nitrogens is 2. The van der Waals surface area contributed by atoms with Gasteiger partial charge in [-0.3, -0.25) is 14.4 Å². The van der Waals surface area contributed by atoms with Crippen molar-refractivity contribution < 1.29 is 4.79 Å². The first-order valence-electron chi connectivity index (χ1n) is 7.79. The number of hydrogen-bond donors (Lipinski definition) is 1. The second kappa shape index (κ2) is 6.62. The summed E-state index contributed by atoms with van der Waals surface area (Å²) in [6, 6.07) is 4.24. The highest BCUT2D eigenvalue weighted by atomic mass is 32.1. The minimum Gasteiger partial charge on any atom is -0.335 e. The first-order valence-corrected chi connectivity index (χ1v) is 8.61. The van der Waals surface area contributed by atoms with E-state index in [1.54, 1.807) is 11.3 Å². The van der Waals surface area contributed by atoms with Crippen molar-refractivity contribution in [3.63, 3.8) is 0 Å². The molecule has 2 aromatic rings. The van der Waals surface area contributed by atoms with Gasteiger partial charge < -0.3 is 5.32 Å². The van der Waals surface area contributed by atoms with E-state index in [9.17, 15) is 4.79 Å². The Labute approximate surface area is 134 Å². The van der Waals surface area contributed by atoms with Gasteiger partial charge in [0.15, 0.2) is 0 Å². The minimum atomic E-state index is 0.0276. The molecule has 5 nitrogen and oxygen atoms in total. The zero-order valence-corrected chi connectivity index (χ0v) is 13.9. The molecule has 2 aromatic heterocycles. The Morgan fingerprint density at radius 3 is 3.00 bits per heavy atom. The average molecular weight is 318 g/mol. The highest BCUT2D eigenvalue weighted by molar-refractivity contribution is 7.15. The summed E-state index contributed by atoms with van der Waals surface area (Å²) >= 11 is 1.73. The molecule has 1 fully saturated rings. The topological polar surface area (TPSA) is 50.2 Å². The molecular weight excluding hydrogens is 296 g/mol. The van der Waals surface area contributed by atoms with E-state index in [1.165, 1.54) is 22.6 Å². The van der Waals surface area contributed by atoms with Crippen molar-refractivity contribution in [3.05, 3.63) is 29.4 Å².